The molecule has 0 spiro atoms. The van der Waals surface area contributed by atoms with Gasteiger partial charge in [-0.3, -0.25) is 14.5 Å². The van der Waals surface area contributed by atoms with E-state index in [1.54, 1.807) is 12.1 Å². The number of unbranched alkanes of at least 4 members (excludes halogenated alkanes) is 3. The zero-order valence-electron chi connectivity index (χ0n) is 28.2. The number of hydrogen-bond donors (Lipinski definition) is 4. The lowest BCUT2D eigenvalue weighted by Crippen LogP contribution is -2.37. The second kappa shape index (κ2) is 18.3. The van der Waals surface area contributed by atoms with Crippen LogP contribution in [0.15, 0.2) is 103 Å². The molecule has 3 atom stereocenters. The lowest BCUT2D eigenvalue weighted by molar-refractivity contribution is -0.252. The topological polar surface area (TPSA) is 126 Å². The van der Waals surface area contributed by atoms with Crippen LogP contribution in [0.4, 0.5) is 17.1 Å². The lowest BCUT2D eigenvalue weighted by Gasteiger charge is -2.38. The molecule has 9 nitrogen and oxygen atoms in total. The number of nitrogen functional groups attached to an aromatic ring is 1. The maximum absolute atomic E-state index is 12.8. The van der Waals surface area contributed by atoms with Crippen LogP contribution in [0.3, 0.4) is 0 Å². The molecule has 49 heavy (non-hydrogen) atoms. The Morgan fingerprint density at radius 2 is 1.47 bits per heavy atom. The fraction of sp³-hybridized carbons (Fsp3) is 0.350. The summed E-state index contributed by atoms with van der Waals surface area (Å²) in [7, 11) is 2.10. The molecule has 1 heterocycles. The van der Waals surface area contributed by atoms with Crippen LogP contribution in [0, 0.1) is 0 Å². The molecule has 1 aliphatic rings. The van der Waals surface area contributed by atoms with Crippen LogP contribution in [0.1, 0.15) is 79.6 Å². The van der Waals surface area contributed by atoms with Crippen LogP contribution in [0.2, 0.25) is 0 Å². The third-order valence-corrected chi connectivity index (χ3v) is 8.66. The van der Waals surface area contributed by atoms with Crippen LogP contribution in [-0.2, 0) is 32.2 Å². The number of aliphatic hydroxyl groups excluding tert-OH is 1. The number of nitrogens with two attached hydrogens (primary N) is 1. The highest BCUT2D eigenvalue weighted by molar-refractivity contribution is 5.93. The van der Waals surface area contributed by atoms with Crippen molar-refractivity contribution >= 4 is 28.9 Å². The van der Waals surface area contributed by atoms with Crippen LogP contribution in [-0.4, -0.2) is 41.5 Å². The van der Waals surface area contributed by atoms with E-state index in [0.717, 1.165) is 55.5 Å². The van der Waals surface area contributed by atoms with E-state index in [9.17, 15) is 14.7 Å². The van der Waals surface area contributed by atoms with Crippen molar-refractivity contribution in [1.29, 1.82) is 0 Å². The molecule has 4 aromatic rings. The highest BCUT2D eigenvalue weighted by atomic mass is 16.7. The van der Waals surface area contributed by atoms with Crippen molar-refractivity contribution in [2.45, 2.75) is 76.6 Å². The summed E-state index contributed by atoms with van der Waals surface area (Å²) < 4.78 is 13.1. The van der Waals surface area contributed by atoms with E-state index in [-0.39, 0.29) is 30.6 Å². The fourth-order valence-electron chi connectivity index (χ4n) is 6.08. The molecule has 0 saturated carbocycles. The summed E-state index contributed by atoms with van der Waals surface area (Å²) in [5.41, 5.74) is 11.7. The number of carbonyl (C=O) groups is 2. The Balaban J connectivity index is 1.12. The Morgan fingerprint density at radius 1 is 0.776 bits per heavy atom. The summed E-state index contributed by atoms with van der Waals surface area (Å²) in [6, 6.07) is 33.1. The first-order valence-electron chi connectivity index (χ1n) is 17.1. The molecule has 5 N–H and O–H groups in total. The highest BCUT2D eigenvalue weighted by Gasteiger charge is 2.33. The van der Waals surface area contributed by atoms with Gasteiger partial charge >= 0.3 is 0 Å². The second-order valence-electron chi connectivity index (χ2n) is 12.8. The molecule has 5 rings (SSSR count). The summed E-state index contributed by atoms with van der Waals surface area (Å²) in [5, 5.41) is 15.4. The Morgan fingerprint density at radius 3 is 2.18 bits per heavy atom. The molecule has 258 valence electrons. The van der Waals surface area contributed by atoms with Gasteiger partial charge in [-0.25, -0.2) is 0 Å². The first-order chi connectivity index (χ1) is 23.9. The van der Waals surface area contributed by atoms with E-state index < -0.39 is 6.29 Å². The maximum atomic E-state index is 12.8. The van der Waals surface area contributed by atoms with Gasteiger partial charge < -0.3 is 30.9 Å². The van der Waals surface area contributed by atoms with Gasteiger partial charge in [-0.2, -0.15) is 0 Å². The van der Waals surface area contributed by atoms with Crippen molar-refractivity contribution in [1.82, 2.24) is 4.90 Å². The van der Waals surface area contributed by atoms with Crippen molar-refractivity contribution in [3.05, 3.63) is 125 Å². The molecular formula is C40H48N4O5. The van der Waals surface area contributed by atoms with Crippen molar-refractivity contribution < 1.29 is 24.2 Å². The normalized spacial score (nSPS) is 17.5. The van der Waals surface area contributed by atoms with E-state index in [0.29, 0.717) is 36.3 Å². The van der Waals surface area contributed by atoms with Gasteiger partial charge in [0.1, 0.15) is 0 Å². The number of carbonyl (C=O) groups excluding carboxylic acids is 2. The van der Waals surface area contributed by atoms with E-state index >= 15 is 0 Å². The van der Waals surface area contributed by atoms with Gasteiger partial charge in [-0.05, 0) is 60.8 Å². The molecule has 0 radical (unpaired) electrons. The number of hydrogen-bond acceptors (Lipinski definition) is 7. The van der Waals surface area contributed by atoms with E-state index in [4.69, 9.17) is 15.2 Å². The molecule has 1 aliphatic heterocycles. The third-order valence-electron chi connectivity index (χ3n) is 8.66. The first kappa shape index (κ1) is 35.8. The SMILES string of the molecule is CN(Cc1ccccc1)C[C@H]1C[C@@H](c2ccc(CO)cc2)O[C@@H](c2cccc(NC(=O)CCCCCCC(=O)Nc3ccccc3N)c2)O1. The van der Waals surface area contributed by atoms with Crippen molar-refractivity contribution in [3.8, 4) is 0 Å². The van der Waals surface area contributed by atoms with E-state index in [1.165, 1.54) is 5.56 Å². The molecule has 0 unspecified atom stereocenters. The Bertz CT molecular complexity index is 1630. The molecule has 1 saturated heterocycles. The molecule has 2 amide bonds. The van der Waals surface area contributed by atoms with Crippen molar-refractivity contribution in [3.63, 3.8) is 0 Å². The third kappa shape index (κ3) is 11.3. The Hall–Kier alpha value is -4.54. The largest absolute Gasteiger partial charge is 0.397 e. The number of amides is 2. The monoisotopic (exact) mass is 664 g/mol. The average Bonchev–Trinajstić information content (AvgIpc) is 3.11. The second-order valence-corrected chi connectivity index (χ2v) is 12.8. The van der Waals surface area contributed by atoms with Gasteiger partial charge in [0, 0.05) is 43.6 Å². The number of ether oxygens (including phenoxy) is 2. The average molecular weight is 665 g/mol. The predicted molar refractivity (Wildman–Crippen MR) is 193 cm³/mol. The summed E-state index contributed by atoms with van der Waals surface area (Å²) in [5.74, 6) is -0.111. The number of aliphatic hydroxyl groups is 1. The van der Waals surface area contributed by atoms with E-state index in [1.807, 2.05) is 66.7 Å². The minimum absolute atomic E-state index is 0.00681. The number of rotatable bonds is 16. The molecule has 0 aliphatic carbocycles. The molecule has 0 aromatic heterocycles. The van der Waals surface area contributed by atoms with Gasteiger partial charge in [-0.15, -0.1) is 0 Å². The lowest BCUT2D eigenvalue weighted by atomic mass is 9.99. The molecular weight excluding hydrogens is 616 g/mol. The van der Waals surface area contributed by atoms with Crippen molar-refractivity contribution in [2.75, 3.05) is 30.0 Å². The molecule has 4 aromatic carbocycles. The standard InChI is InChI=1S/C40H48N4O5/c1-44(26-29-12-5-4-6-13-29)27-34-25-37(31-22-20-30(28-45)21-23-31)49-40(48-34)32-14-11-15-33(24-32)42-38(46)18-7-2-3-8-19-39(47)43-36-17-10-9-16-35(36)41/h4-6,9-17,20-24,34,37,40,45H,2-3,7-8,18-19,25-28,41H2,1H3,(H,42,46)(H,43,47)/t34-,37+,40+/m1/s1. The smallest absolute Gasteiger partial charge is 0.224 e. The van der Waals surface area contributed by atoms with Crippen LogP contribution >= 0.6 is 0 Å². The summed E-state index contributed by atoms with van der Waals surface area (Å²) >= 11 is 0. The first-order valence-corrected chi connectivity index (χ1v) is 17.1. The Kier molecular flexibility index (Phi) is 13.3. The van der Waals surface area contributed by atoms with Crippen molar-refractivity contribution in [2.24, 2.45) is 0 Å². The molecule has 0 bridgehead atoms. The minimum Gasteiger partial charge on any atom is -0.397 e. The summed E-state index contributed by atoms with van der Waals surface area (Å²) in [6.07, 6.45) is 3.82. The summed E-state index contributed by atoms with van der Waals surface area (Å²) in [4.78, 5) is 27.3. The van der Waals surface area contributed by atoms with Gasteiger partial charge in [0.05, 0.1) is 30.2 Å². The van der Waals surface area contributed by atoms with Gasteiger partial charge in [-0.1, -0.05) is 91.7 Å². The van der Waals surface area contributed by atoms with E-state index in [2.05, 4.69) is 46.8 Å². The maximum Gasteiger partial charge on any atom is 0.224 e. The number of benzene rings is 4. The van der Waals surface area contributed by atoms with Crippen LogP contribution in [0.25, 0.3) is 0 Å². The predicted octanol–water partition coefficient (Wildman–Crippen LogP) is 7.36. The van der Waals surface area contributed by atoms with Crippen LogP contribution in [0.5, 0.6) is 0 Å². The zero-order chi connectivity index (χ0) is 34.4. The van der Waals surface area contributed by atoms with Crippen LogP contribution < -0.4 is 16.4 Å². The number of anilines is 3. The number of nitrogens with one attached hydrogen (secondary N) is 2. The fourth-order valence-corrected chi connectivity index (χ4v) is 6.08. The molecule has 9 heteroatoms. The quantitative estimate of drug-likeness (QED) is 0.0729. The number of likely N-dealkylation sites (N-methyl/N-ethyl adjacent to an activating group) is 1. The van der Waals surface area contributed by atoms with Gasteiger partial charge in [0.15, 0.2) is 6.29 Å². The molecule has 1 fully saturated rings. The number of para-hydroxylation sites is 2. The van der Waals surface area contributed by atoms with Gasteiger partial charge in [0.2, 0.25) is 11.8 Å². The Labute approximate surface area is 289 Å². The highest BCUT2D eigenvalue weighted by Crippen LogP contribution is 2.38. The zero-order valence-corrected chi connectivity index (χ0v) is 28.2. The minimum atomic E-state index is -0.612. The summed E-state index contributed by atoms with van der Waals surface area (Å²) in [6.45, 7) is 1.53. The number of nitrogens with zero attached hydrogens (tertiary/aromatic N) is 1. The van der Waals surface area contributed by atoms with Gasteiger partial charge in [0.25, 0.3) is 0 Å².